The molecule has 2 aliphatic rings. The SMILES string of the molecule is CN(C(=O)CN=C1NS(=O)(=O)c2ccccc21)C1CCCC1. The van der Waals surface area contributed by atoms with Gasteiger partial charge in [0.15, 0.2) is 0 Å². The van der Waals surface area contributed by atoms with Gasteiger partial charge in [-0.2, -0.15) is 0 Å². The fraction of sp³-hybridized carbons (Fsp3) is 0.467. The monoisotopic (exact) mass is 321 g/mol. The molecule has 3 rings (SSSR count). The van der Waals surface area contributed by atoms with E-state index in [0.29, 0.717) is 11.6 Å². The van der Waals surface area contributed by atoms with Crippen LogP contribution in [0.2, 0.25) is 0 Å². The first-order valence-electron chi connectivity index (χ1n) is 7.41. The van der Waals surface area contributed by atoms with Crippen LogP contribution in [0.4, 0.5) is 0 Å². The number of hydrogen-bond acceptors (Lipinski definition) is 4. The van der Waals surface area contributed by atoms with Crippen molar-refractivity contribution in [2.45, 2.75) is 36.6 Å². The molecule has 0 saturated heterocycles. The first-order valence-corrected chi connectivity index (χ1v) is 8.90. The Labute approximate surface area is 130 Å². The summed E-state index contributed by atoms with van der Waals surface area (Å²) in [7, 11) is -1.75. The summed E-state index contributed by atoms with van der Waals surface area (Å²) in [5, 5.41) is 0. The number of carbonyl (C=O) groups excluding carboxylic acids is 1. The molecule has 1 amide bonds. The van der Waals surface area contributed by atoms with Crippen LogP contribution in [0.25, 0.3) is 0 Å². The van der Waals surface area contributed by atoms with Crippen molar-refractivity contribution in [2.75, 3.05) is 13.6 Å². The van der Waals surface area contributed by atoms with E-state index in [0.717, 1.165) is 25.7 Å². The predicted octanol–water partition coefficient (Wildman–Crippen LogP) is 1.13. The van der Waals surface area contributed by atoms with Crippen molar-refractivity contribution in [3.8, 4) is 0 Å². The van der Waals surface area contributed by atoms with Crippen molar-refractivity contribution in [3.05, 3.63) is 29.8 Å². The maximum atomic E-state index is 12.2. The highest BCUT2D eigenvalue weighted by Gasteiger charge is 2.30. The van der Waals surface area contributed by atoms with Gasteiger partial charge >= 0.3 is 0 Å². The van der Waals surface area contributed by atoms with Crippen molar-refractivity contribution in [2.24, 2.45) is 4.99 Å². The second kappa shape index (κ2) is 5.72. The van der Waals surface area contributed by atoms with Gasteiger partial charge in [0.1, 0.15) is 12.4 Å². The lowest BCUT2D eigenvalue weighted by Gasteiger charge is -2.23. The highest BCUT2D eigenvalue weighted by Crippen LogP contribution is 2.23. The molecule has 1 aromatic carbocycles. The highest BCUT2D eigenvalue weighted by atomic mass is 32.2. The lowest BCUT2D eigenvalue weighted by Crippen LogP contribution is -2.37. The van der Waals surface area contributed by atoms with Gasteiger partial charge in [-0.15, -0.1) is 0 Å². The molecule has 0 bridgehead atoms. The summed E-state index contributed by atoms with van der Waals surface area (Å²) >= 11 is 0. The second-order valence-corrected chi connectivity index (χ2v) is 7.36. The summed E-state index contributed by atoms with van der Waals surface area (Å²) in [4.78, 5) is 18.3. The number of nitrogens with one attached hydrogen (secondary N) is 1. The summed E-state index contributed by atoms with van der Waals surface area (Å²) < 4.78 is 26.3. The number of carbonyl (C=O) groups is 1. The van der Waals surface area contributed by atoms with E-state index in [9.17, 15) is 13.2 Å². The molecule has 0 atom stereocenters. The molecule has 0 unspecified atom stereocenters. The van der Waals surface area contributed by atoms with Gasteiger partial charge in [-0.1, -0.05) is 25.0 Å². The fourth-order valence-electron chi connectivity index (χ4n) is 3.00. The Balaban J connectivity index is 1.75. The standard InChI is InChI=1S/C15H19N3O3S/c1-18(11-6-2-3-7-11)14(19)10-16-15-12-8-4-5-9-13(12)22(20,21)17-15/h4-5,8-9,11H,2-3,6-7,10H2,1H3,(H,16,17). The number of benzene rings is 1. The van der Waals surface area contributed by atoms with E-state index in [2.05, 4.69) is 9.71 Å². The summed E-state index contributed by atoms with van der Waals surface area (Å²) in [6.45, 7) is -0.0425. The van der Waals surface area contributed by atoms with Gasteiger partial charge in [0.2, 0.25) is 5.91 Å². The van der Waals surface area contributed by atoms with Crippen LogP contribution in [-0.2, 0) is 14.8 Å². The molecule has 1 fully saturated rings. The highest BCUT2D eigenvalue weighted by molar-refractivity contribution is 7.90. The fourth-order valence-corrected chi connectivity index (χ4v) is 4.26. The maximum absolute atomic E-state index is 12.2. The van der Waals surface area contributed by atoms with E-state index in [1.165, 1.54) is 6.07 Å². The molecule has 0 spiro atoms. The van der Waals surface area contributed by atoms with Crippen molar-refractivity contribution in [3.63, 3.8) is 0 Å². The third-order valence-electron chi connectivity index (χ3n) is 4.30. The van der Waals surface area contributed by atoms with Crippen LogP contribution >= 0.6 is 0 Å². The van der Waals surface area contributed by atoms with Gasteiger partial charge in [-0.05, 0) is 25.0 Å². The Hall–Kier alpha value is -1.89. The predicted molar refractivity (Wildman–Crippen MR) is 83.2 cm³/mol. The van der Waals surface area contributed by atoms with Crippen molar-refractivity contribution < 1.29 is 13.2 Å². The van der Waals surface area contributed by atoms with E-state index in [-0.39, 0.29) is 23.2 Å². The number of fused-ring (bicyclic) bond motifs is 1. The molecular formula is C15H19N3O3S. The molecule has 1 aromatic rings. The Morgan fingerprint density at radius 2 is 2.00 bits per heavy atom. The van der Waals surface area contributed by atoms with Crippen LogP contribution in [0.1, 0.15) is 31.2 Å². The van der Waals surface area contributed by atoms with Crippen molar-refractivity contribution >= 4 is 21.8 Å². The van der Waals surface area contributed by atoms with Gasteiger partial charge in [0, 0.05) is 18.7 Å². The lowest BCUT2D eigenvalue weighted by molar-refractivity contribution is -0.130. The van der Waals surface area contributed by atoms with Gasteiger partial charge in [-0.3, -0.25) is 14.5 Å². The molecule has 1 saturated carbocycles. The van der Waals surface area contributed by atoms with Crippen molar-refractivity contribution in [1.82, 2.24) is 9.62 Å². The Morgan fingerprint density at radius 1 is 1.32 bits per heavy atom. The van der Waals surface area contributed by atoms with Crippen LogP contribution in [0.3, 0.4) is 0 Å². The van der Waals surface area contributed by atoms with E-state index in [1.54, 1.807) is 30.1 Å². The minimum atomic E-state index is -3.54. The normalized spacial score (nSPS) is 21.6. The van der Waals surface area contributed by atoms with Crippen LogP contribution in [-0.4, -0.2) is 44.7 Å². The molecule has 22 heavy (non-hydrogen) atoms. The number of hydrogen-bond donors (Lipinski definition) is 1. The first kappa shape index (κ1) is 15.0. The Kier molecular flexibility index (Phi) is 3.90. The maximum Gasteiger partial charge on any atom is 0.263 e. The quantitative estimate of drug-likeness (QED) is 0.906. The number of amides is 1. The van der Waals surface area contributed by atoms with E-state index in [4.69, 9.17) is 0 Å². The van der Waals surface area contributed by atoms with Gasteiger partial charge in [0.05, 0.1) is 4.90 Å². The number of amidine groups is 1. The summed E-state index contributed by atoms with van der Waals surface area (Å²) in [6, 6.07) is 6.94. The van der Waals surface area contributed by atoms with Crippen molar-refractivity contribution in [1.29, 1.82) is 0 Å². The first-order chi connectivity index (χ1) is 10.5. The molecule has 1 N–H and O–H groups in total. The van der Waals surface area contributed by atoms with E-state index in [1.807, 2.05) is 0 Å². The van der Waals surface area contributed by atoms with E-state index >= 15 is 0 Å². The zero-order chi connectivity index (χ0) is 15.7. The molecule has 0 aromatic heterocycles. The number of aliphatic imine (C=N–C) groups is 1. The lowest BCUT2D eigenvalue weighted by atomic mass is 10.2. The van der Waals surface area contributed by atoms with Gasteiger partial charge < -0.3 is 4.90 Å². The summed E-state index contributed by atoms with van der Waals surface area (Å²) in [6.07, 6.45) is 4.39. The molecule has 1 aliphatic carbocycles. The van der Waals surface area contributed by atoms with Crippen LogP contribution < -0.4 is 4.72 Å². The third kappa shape index (κ3) is 2.72. The zero-order valence-corrected chi connectivity index (χ0v) is 13.3. The van der Waals surface area contributed by atoms with Gasteiger partial charge in [-0.25, -0.2) is 8.42 Å². The molecule has 0 radical (unpaired) electrons. The Bertz CT molecular complexity index is 721. The molecule has 7 heteroatoms. The molecule has 118 valence electrons. The smallest absolute Gasteiger partial charge is 0.263 e. The summed E-state index contributed by atoms with van der Waals surface area (Å²) in [5.74, 6) is 0.173. The average Bonchev–Trinajstić information content (AvgIpc) is 3.12. The van der Waals surface area contributed by atoms with Crippen LogP contribution in [0.15, 0.2) is 34.2 Å². The average molecular weight is 321 g/mol. The minimum Gasteiger partial charge on any atom is -0.341 e. The molecule has 1 aliphatic heterocycles. The van der Waals surface area contributed by atoms with E-state index < -0.39 is 10.0 Å². The van der Waals surface area contributed by atoms with Crippen LogP contribution in [0.5, 0.6) is 0 Å². The van der Waals surface area contributed by atoms with Crippen LogP contribution in [0, 0.1) is 0 Å². The molecule has 1 heterocycles. The number of sulfonamides is 1. The third-order valence-corrected chi connectivity index (χ3v) is 5.70. The summed E-state index contributed by atoms with van der Waals surface area (Å²) in [5.41, 5.74) is 0.527. The zero-order valence-electron chi connectivity index (χ0n) is 12.4. The number of rotatable bonds is 3. The topological polar surface area (TPSA) is 78.8 Å². The number of nitrogens with zero attached hydrogens (tertiary/aromatic N) is 2. The number of likely N-dealkylation sites (N-methyl/N-ethyl adjacent to an activating group) is 1. The molecule has 6 nitrogen and oxygen atoms in total. The molecular weight excluding hydrogens is 302 g/mol. The van der Waals surface area contributed by atoms with Gasteiger partial charge in [0.25, 0.3) is 10.0 Å². The second-order valence-electron chi connectivity index (χ2n) is 5.71. The Morgan fingerprint density at radius 3 is 2.73 bits per heavy atom. The largest absolute Gasteiger partial charge is 0.341 e. The minimum absolute atomic E-state index is 0.0425.